The molecular formula is C15H14N2OS2. The Labute approximate surface area is 126 Å². The van der Waals surface area contributed by atoms with Crippen molar-refractivity contribution >= 4 is 40.1 Å². The zero-order valence-electron chi connectivity index (χ0n) is 10.8. The van der Waals surface area contributed by atoms with Crippen molar-refractivity contribution in [2.24, 2.45) is 5.73 Å². The van der Waals surface area contributed by atoms with Gasteiger partial charge in [0.2, 0.25) is 0 Å². The first-order chi connectivity index (χ1) is 9.65. The molecule has 3 rings (SSSR count). The van der Waals surface area contributed by atoms with Crippen molar-refractivity contribution < 1.29 is 4.79 Å². The van der Waals surface area contributed by atoms with Gasteiger partial charge in [0.15, 0.2) is 0 Å². The Hall–Kier alpha value is -1.72. The fourth-order valence-corrected chi connectivity index (χ4v) is 3.76. The van der Waals surface area contributed by atoms with E-state index in [-0.39, 0.29) is 10.9 Å². The fraction of sp³-hybridized carbons (Fsp3) is 0.200. The highest BCUT2D eigenvalue weighted by Gasteiger charge is 2.19. The number of hydrogen-bond donors (Lipinski definition) is 2. The van der Waals surface area contributed by atoms with Crippen LogP contribution in [0.4, 0.5) is 5.69 Å². The Morgan fingerprint density at radius 1 is 1.30 bits per heavy atom. The van der Waals surface area contributed by atoms with Crippen LogP contribution in [0.25, 0.3) is 0 Å². The van der Waals surface area contributed by atoms with Gasteiger partial charge in [0, 0.05) is 10.4 Å². The van der Waals surface area contributed by atoms with E-state index in [1.807, 2.05) is 30.3 Å². The number of nitrogens with two attached hydrogens (primary N) is 1. The number of para-hydroxylation sites is 1. The third-order valence-corrected chi connectivity index (χ3v) is 4.87. The molecule has 0 atom stereocenters. The molecule has 20 heavy (non-hydrogen) atoms. The number of hydrogen-bond acceptors (Lipinski definition) is 3. The van der Waals surface area contributed by atoms with Gasteiger partial charge in [-0.15, -0.1) is 11.3 Å². The van der Waals surface area contributed by atoms with Gasteiger partial charge in [0.05, 0.1) is 10.6 Å². The summed E-state index contributed by atoms with van der Waals surface area (Å²) in [6.07, 6.45) is 3.38. The van der Waals surface area contributed by atoms with Crippen molar-refractivity contribution in [3.63, 3.8) is 0 Å². The second-order valence-corrected chi connectivity index (χ2v) is 6.35. The van der Waals surface area contributed by atoms with Crippen LogP contribution in [0.5, 0.6) is 0 Å². The molecule has 0 radical (unpaired) electrons. The average molecular weight is 302 g/mol. The lowest BCUT2D eigenvalue weighted by Crippen LogP contribution is -2.16. The number of anilines is 1. The molecule has 2 aromatic rings. The van der Waals surface area contributed by atoms with Crippen LogP contribution in [0, 0.1) is 0 Å². The van der Waals surface area contributed by atoms with Crippen molar-refractivity contribution in [3.05, 3.63) is 51.2 Å². The minimum Gasteiger partial charge on any atom is -0.389 e. The first kappa shape index (κ1) is 13.3. The maximum absolute atomic E-state index is 12.3. The third kappa shape index (κ3) is 2.46. The van der Waals surface area contributed by atoms with E-state index in [2.05, 4.69) is 5.32 Å². The molecule has 0 aliphatic heterocycles. The summed E-state index contributed by atoms with van der Waals surface area (Å²) < 4.78 is 0. The second-order valence-electron chi connectivity index (χ2n) is 4.78. The molecule has 0 saturated carbocycles. The molecule has 1 amide bonds. The predicted molar refractivity (Wildman–Crippen MR) is 86.6 cm³/mol. The molecule has 0 saturated heterocycles. The summed E-state index contributed by atoms with van der Waals surface area (Å²) in [6, 6.07) is 9.33. The largest absolute Gasteiger partial charge is 0.389 e. The van der Waals surface area contributed by atoms with Crippen molar-refractivity contribution in [2.45, 2.75) is 19.3 Å². The average Bonchev–Trinajstić information content (AvgIpc) is 2.99. The molecule has 3 nitrogen and oxygen atoms in total. The summed E-state index contributed by atoms with van der Waals surface area (Å²) >= 11 is 6.59. The molecule has 0 bridgehead atoms. The Kier molecular flexibility index (Phi) is 3.54. The lowest BCUT2D eigenvalue weighted by atomic mass is 10.1. The summed E-state index contributed by atoms with van der Waals surface area (Å²) in [7, 11) is 0. The molecule has 5 heteroatoms. The van der Waals surface area contributed by atoms with E-state index < -0.39 is 0 Å². The van der Waals surface area contributed by atoms with Crippen LogP contribution in [-0.2, 0) is 12.8 Å². The molecule has 1 aliphatic carbocycles. The van der Waals surface area contributed by atoms with E-state index >= 15 is 0 Å². The Balaban J connectivity index is 1.84. The van der Waals surface area contributed by atoms with Crippen LogP contribution in [0.1, 0.15) is 32.1 Å². The van der Waals surface area contributed by atoms with Gasteiger partial charge >= 0.3 is 0 Å². The zero-order valence-corrected chi connectivity index (χ0v) is 12.4. The van der Waals surface area contributed by atoms with Crippen LogP contribution in [0.2, 0.25) is 0 Å². The molecule has 0 spiro atoms. The zero-order chi connectivity index (χ0) is 14.1. The number of fused-ring (bicyclic) bond motifs is 1. The maximum atomic E-state index is 12.3. The number of carbonyl (C=O) groups is 1. The molecule has 0 fully saturated rings. The Morgan fingerprint density at radius 3 is 2.85 bits per heavy atom. The van der Waals surface area contributed by atoms with Gasteiger partial charge in [-0.25, -0.2) is 0 Å². The summed E-state index contributed by atoms with van der Waals surface area (Å²) in [5.41, 5.74) is 8.35. The molecular weight excluding hydrogens is 288 g/mol. The van der Waals surface area contributed by atoms with Gasteiger partial charge in [0.25, 0.3) is 5.91 Å². The van der Waals surface area contributed by atoms with Crippen LogP contribution < -0.4 is 11.1 Å². The third-order valence-electron chi connectivity index (χ3n) is 3.41. The highest BCUT2D eigenvalue weighted by atomic mass is 32.1. The number of rotatable bonds is 3. The standard InChI is InChI=1S/C15H14N2OS2/c16-14(19)10-5-1-2-6-11(10)17-15(18)13-8-9-4-3-7-12(9)20-13/h1-2,5-6,8H,3-4,7H2,(H2,16,19)(H,17,18). The number of nitrogens with one attached hydrogen (secondary N) is 1. The van der Waals surface area contributed by atoms with E-state index in [1.165, 1.54) is 16.9 Å². The number of aryl methyl sites for hydroxylation is 2. The van der Waals surface area contributed by atoms with Crippen LogP contribution in [0.15, 0.2) is 30.3 Å². The van der Waals surface area contributed by atoms with Gasteiger partial charge in [-0.3, -0.25) is 4.79 Å². The molecule has 1 aromatic carbocycles. The monoisotopic (exact) mass is 302 g/mol. The lowest BCUT2D eigenvalue weighted by molar-refractivity contribution is 0.103. The van der Waals surface area contributed by atoms with E-state index in [4.69, 9.17) is 18.0 Å². The number of benzene rings is 1. The van der Waals surface area contributed by atoms with E-state index in [0.29, 0.717) is 11.3 Å². The summed E-state index contributed by atoms with van der Waals surface area (Å²) in [5.74, 6) is -0.0897. The number of carbonyl (C=O) groups excluding carboxylic acids is 1. The van der Waals surface area contributed by atoms with Gasteiger partial charge in [-0.1, -0.05) is 24.4 Å². The Morgan fingerprint density at radius 2 is 2.10 bits per heavy atom. The number of thiocarbonyl (C=S) groups is 1. The number of amides is 1. The van der Waals surface area contributed by atoms with Crippen molar-refractivity contribution in [2.75, 3.05) is 5.32 Å². The van der Waals surface area contributed by atoms with Crippen LogP contribution in [-0.4, -0.2) is 10.9 Å². The van der Waals surface area contributed by atoms with E-state index in [9.17, 15) is 4.79 Å². The maximum Gasteiger partial charge on any atom is 0.265 e. The van der Waals surface area contributed by atoms with Crippen molar-refractivity contribution in [1.82, 2.24) is 0 Å². The van der Waals surface area contributed by atoms with Crippen molar-refractivity contribution in [1.29, 1.82) is 0 Å². The molecule has 102 valence electrons. The topological polar surface area (TPSA) is 55.1 Å². The van der Waals surface area contributed by atoms with Gasteiger partial charge in [-0.05, 0) is 43.0 Å². The van der Waals surface area contributed by atoms with Crippen LogP contribution in [0.3, 0.4) is 0 Å². The molecule has 0 unspecified atom stereocenters. The summed E-state index contributed by atoms with van der Waals surface area (Å²) in [5, 5.41) is 2.90. The van der Waals surface area contributed by atoms with Crippen molar-refractivity contribution in [3.8, 4) is 0 Å². The second kappa shape index (κ2) is 5.34. The summed E-state index contributed by atoms with van der Waals surface area (Å²) in [6.45, 7) is 0. The minimum absolute atomic E-state index is 0.0897. The molecule has 3 N–H and O–H groups in total. The summed E-state index contributed by atoms with van der Waals surface area (Å²) in [4.78, 5) is 14.7. The normalized spacial score (nSPS) is 13.0. The first-order valence-electron chi connectivity index (χ1n) is 6.47. The SMILES string of the molecule is NC(=S)c1ccccc1NC(=O)c1cc2c(s1)CCC2. The highest BCUT2D eigenvalue weighted by molar-refractivity contribution is 7.80. The first-order valence-corrected chi connectivity index (χ1v) is 7.69. The van der Waals surface area contributed by atoms with Gasteiger partial charge in [-0.2, -0.15) is 0 Å². The predicted octanol–water partition coefficient (Wildman–Crippen LogP) is 3.12. The molecule has 1 heterocycles. The van der Waals surface area contributed by atoms with Crippen LogP contribution >= 0.6 is 23.6 Å². The van der Waals surface area contributed by atoms with Gasteiger partial charge in [0.1, 0.15) is 4.99 Å². The Bertz CT molecular complexity index is 669. The highest BCUT2D eigenvalue weighted by Crippen LogP contribution is 2.31. The fourth-order valence-electron chi connectivity index (χ4n) is 2.43. The van der Waals surface area contributed by atoms with Gasteiger partial charge < -0.3 is 11.1 Å². The number of thiophene rings is 1. The van der Waals surface area contributed by atoms with E-state index in [1.54, 1.807) is 11.3 Å². The molecule has 1 aliphatic rings. The van der Waals surface area contributed by atoms with E-state index in [0.717, 1.165) is 17.7 Å². The minimum atomic E-state index is -0.0897. The molecule has 1 aromatic heterocycles. The smallest absolute Gasteiger partial charge is 0.265 e. The quantitative estimate of drug-likeness (QED) is 0.857. The lowest BCUT2D eigenvalue weighted by Gasteiger charge is -2.08.